The highest BCUT2D eigenvalue weighted by Gasteiger charge is 2.30. The lowest BCUT2D eigenvalue weighted by Gasteiger charge is -2.21. The third-order valence-corrected chi connectivity index (χ3v) is 19.5. The predicted molar refractivity (Wildman–Crippen MR) is 386 cm³/mol. The van der Waals surface area contributed by atoms with Crippen LogP contribution in [0.1, 0.15) is 389 Å². The number of phosphoric ester groups is 2. The van der Waals surface area contributed by atoms with Crippen LogP contribution in [0, 0.1) is 17.8 Å². The van der Waals surface area contributed by atoms with Crippen molar-refractivity contribution < 1.29 is 80.2 Å². The van der Waals surface area contributed by atoms with Gasteiger partial charge in [0, 0.05) is 25.7 Å². The zero-order valence-electron chi connectivity index (χ0n) is 62.1. The van der Waals surface area contributed by atoms with Crippen LogP contribution in [0.4, 0.5) is 0 Å². The number of phosphoric acid groups is 2. The minimum Gasteiger partial charge on any atom is -0.462 e. The summed E-state index contributed by atoms with van der Waals surface area (Å²) in [6.45, 7) is 11.8. The molecule has 0 heterocycles. The molecular formula is C76H148O17P2. The van der Waals surface area contributed by atoms with E-state index in [2.05, 4.69) is 48.5 Å². The van der Waals surface area contributed by atoms with Crippen molar-refractivity contribution in [2.75, 3.05) is 39.6 Å². The van der Waals surface area contributed by atoms with Gasteiger partial charge in [0.1, 0.15) is 19.3 Å². The van der Waals surface area contributed by atoms with Gasteiger partial charge in [-0.05, 0) is 43.4 Å². The fraction of sp³-hybridized carbons (Fsp3) is 0.947. The largest absolute Gasteiger partial charge is 0.472 e. The number of hydrogen-bond donors (Lipinski definition) is 3. The van der Waals surface area contributed by atoms with Crippen LogP contribution in [0.5, 0.6) is 0 Å². The van der Waals surface area contributed by atoms with Gasteiger partial charge in [-0.3, -0.25) is 37.3 Å². The average Bonchev–Trinajstić information content (AvgIpc) is 3.46. The maximum atomic E-state index is 13.1. The van der Waals surface area contributed by atoms with E-state index in [1.54, 1.807) is 0 Å². The number of carbonyl (C=O) groups is 4. The normalized spacial score (nSPS) is 14.1. The van der Waals surface area contributed by atoms with Gasteiger partial charge in [0.05, 0.1) is 26.4 Å². The quantitative estimate of drug-likeness (QED) is 0.0222. The summed E-state index contributed by atoms with van der Waals surface area (Å²) in [5.41, 5.74) is 0. The van der Waals surface area contributed by atoms with Gasteiger partial charge in [-0.25, -0.2) is 9.13 Å². The molecule has 0 fully saturated rings. The Morgan fingerprint density at radius 1 is 0.284 bits per heavy atom. The van der Waals surface area contributed by atoms with Crippen molar-refractivity contribution >= 4 is 39.5 Å². The van der Waals surface area contributed by atoms with Gasteiger partial charge in [0.25, 0.3) is 0 Å². The van der Waals surface area contributed by atoms with Crippen molar-refractivity contribution in [3.8, 4) is 0 Å². The smallest absolute Gasteiger partial charge is 0.462 e. The molecule has 3 N–H and O–H groups in total. The van der Waals surface area contributed by atoms with E-state index in [9.17, 15) is 43.2 Å². The molecule has 95 heavy (non-hydrogen) atoms. The van der Waals surface area contributed by atoms with E-state index in [-0.39, 0.29) is 25.7 Å². The zero-order valence-corrected chi connectivity index (χ0v) is 63.9. The molecule has 0 aliphatic carbocycles. The summed E-state index contributed by atoms with van der Waals surface area (Å²) in [6.07, 6.45) is 52.8. The van der Waals surface area contributed by atoms with Gasteiger partial charge in [-0.1, -0.05) is 337 Å². The summed E-state index contributed by atoms with van der Waals surface area (Å²) in [5, 5.41) is 10.6. The maximum absolute atomic E-state index is 13.1. The van der Waals surface area contributed by atoms with Crippen LogP contribution in [0.3, 0.4) is 0 Å². The van der Waals surface area contributed by atoms with Crippen molar-refractivity contribution in [3.63, 3.8) is 0 Å². The molecule has 0 spiro atoms. The third-order valence-electron chi connectivity index (χ3n) is 17.6. The van der Waals surface area contributed by atoms with E-state index >= 15 is 0 Å². The molecule has 0 aromatic carbocycles. The fourth-order valence-electron chi connectivity index (χ4n) is 11.6. The van der Waals surface area contributed by atoms with Crippen molar-refractivity contribution in [2.24, 2.45) is 17.8 Å². The van der Waals surface area contributed by atoms with Gasteiger partial charge >= 0.3 is 39.5 Å². The van der Waals surface area contributed by atoms with E-state index in [1.807, 2.05) is 0 Å². The molecule has 0 rings (SSSR count). The first-order chi connectivity index (χ1) is 45.7. The van der Waals surface area contributed by atoms with Crippen LogP contribution < -0.4 is 0 Å². The third kappa shape index (κ3) is 70.3. The Bertz CT molecular complexity index is 1850. The average molecular weight is 1400 g/mol. The molecule has 0 saturated carbocycles. The van der Waals surface area contributed by atoms with Gasteiger partial charge in [-0.15, -0.1) is 0 Å². The summed E-state index contributed by atoms with van der Waals surface area (Å²) in [6, 6.07) is 0. The monoisotopic (exact) mass is 1400 g/mol. The summed E-state index contributed by atoms with van der Waals surface area (Å²) < 4.78 is 68.5. The van der Waals surface area contributed by atoms with Crippen LogP contribution >= 0.6 is 15.6 Å². The number of esters is 4. The van der Waals surface area contributed by atoms with Crippen molar-refractivity contribution in [2.45, 2.75) is 407 Å². The first-order valence-corrected chi connectivity index (χ1v) is 42.3. The lowest BCUT2D eigenvalue weighted by Crippen LogP contribution is -2.30. The second kappa shape index (κ2) is 66.6. The van der Waals surface area contributed by atoms with Crippen LogP contribution in [0.15, 0.2) is 0 Å². The Morgan fingerprint density at radius 3 is 0.716 bits per heavy atom. The van der Waals surface area contributed by atoms with E-state index in [0.29, 0.717) is 31.6 Å². The molecule has 0 bridgehead atoms. The molecule has 0 aliphatic heterocycles. The van der Waals surface area contributed by atoms with Crippen LogP contribution in [-0.2, 0) is 65.4 Å². The van der Waals surface area contributed by atoms with E-state index < -0.39 is 97.5 Å². The van der Waals surface area contributed by atoms with Gasteiger partial charge in [0.15, 0.2) is 12.2 Å². The van der Waals surface area contributed by atoms with E-state index in [0.717, 1.165) is 108 Å². The maximum Gasteiger partial charge on any atom is 0.472 e. The Balaban J connectivity index is 5.24. The standard InChI is InChI=1S/C76H148O17P2/c1-8-9-10-11-12-13-14-15-16-17-18-19-20-23-30-37-45-52-59-75(80)92-71(63-86-73(78)57-50-43-36-29-24-21-22-27-33-40-47-54-67(2)3)65-90-94(82,83)88-61-70(77)62-89-95(84,85)91-66-72(64-87-74(79)58-51-44-39-32-35-42-49-56-69(6)7)93-76(81)60-53-46-38-31-26-25-28-34-41-48-55-68(4)5/h67-72,77H,8-66H2,1-7H3,(H,82,83)(H,84,85)/t70-,71-,72-/m1/s1. The number of aliphatic hydroxyl groups is 1. The molecule has 564 valence electrons. The lowest BCUT2D eigenvalue weighted by molar-refractivity contribution is -0.161. The zero-order chi connectivity index (χ0) is 70.1. The number of rotatable bonds is 74. The molecule has 17 nitrogen and oxygen atoms in total. The minimum atomic E-state index is -4.96. The number of aliphatic hydroxyl groups excluding tert-OH is 1. The van der Waals surface area contributed by atoms with Crippen molar-refractivity contribution in [3.05, 3.63) is 0 Å². The molecule has 0 aromatic rings. The second-order valence-corrected chi connectivity index (χ2v) is 31.7. The number of ether oxygens (including phenoxy) is 4. The highest BCUT2D eigenvalue weighted by Crippen LogP contribution is 2.45. The number of carbonyl (C=O) groups excluding carboxylic acids is 4. The molecule has 0 radical (unpaired) electrons. The second-order valence-electron chi connectivity index (χ2n) is 28.8. The Hall–Kier alpha value is -1.94. The molecule has 0 aliphatic rings. The molecule has 2 unspecified atom stereocenters. The van der Waals surface area contributed by atoms with Crippen molar-refractivity contribution in [1.29, 1.82) is 0 Å². The van der Waals surface area contributed by atoms with Gasteiger partial charge in [-0.2, -0.15) is 0 Å². The SMILES string of the molecule is CCCCCCCCCCCCCCCCCCCCC(=O)O[C@H](COC(=O)CCCCCCCCCCCCCC(C)C)COP(=O)(O)OC[C@@H](O)COP(=O)(O)OC[C@@H](COC(=O)CCCCCCCCCC(C)C)OC(=O)CCCCCCCCCCCCC(C)C. The first kappa shape index (κ1) is 93.1. The minimum absolute atomic E-state index is 0.105. The highest BCUT2D eigenvalue weighted by atomic mass is 31.2. The molecule has 0 saturated heterocycles. The molecule has 19 heteroatoms. The molecule has 0 aromatic heterocycles. The van der Waals surface area contributed by atoms with Crippen LogP contribution in [0.2, 0.25) is 0 Å². The lowest BCUT2D eigenvalue weighted by atomic mass is 10.0. The number of unbranched alkanes of at least 4 members (excludes halogenated alkanes) is 42. The van der Waals surface area contributed by atoms with Crippen LogP contribution in [0.25, 0.3) is 0 Å². The summed E-state index contributed by atoms with van der Waals surface area (Å²) in [5.74, 6) is 0.109. The van der Waals surface area contributed by atoms with E-state index in [1.165, 1.54) is 193 Å². The van der Waals surface area contributed by atoms with Crippen molar-refractivity contribution in [1.82, 2.24) is 0 Å². The molecular weight excluding hydrogens is 1250 g/mol. The Kier molecular flexibility index (Phi) is 65.2. The highest BCUT2D eigenvalue weighted by molar-refractivity contribution is 7.47. The molecule has 5 atom stereocenters. The number of hydrogen-bond acceptors (Lipinski definition) is 15. The van der Waals surface area contributed by atoms with E-state index in [4.69, 9.17) is 37.0 Å². The summed E-state index contributed by atoms with van der Waals surface area (Å²) in [7, 11) is -9.91. The molecule has 0 amide bonds. The van der Waals surface area contributed by atoms with Gasteiger partial charge < -0.3 is 33.8 Å². The fourth-order valence-corrected chi connectivity index (χ4v) is 13.2. The Morgan fingerprint density at radius 2 is 0.484 bits per heavy atom. The van der Waals surface area contributed by atoms with Crippen LogP contribution in [-0.4, -0.2) is 96.7 Å². The predicted octanol–water partition coefficient (Wildman–Crippen LogP) is 22.2. The van der Waals surface area contributed by atoms with Gasteiger partial charge in [0.2, 0.25) is 0 Å². The topological polar surface area (TPSA) is 237 Å². The summed E-state index contributed by atoms with van der Waals surface area (Å²) in [4.78, 5) is 72.8. The Labute approximate surface area is 581 Å². The first-order valence-electron chi connectivity index (χ1n) is 39.3. The summed E-state index contributed by atoms with van der Waals surface area (Å²) >= 11 is 0.